The second-order valence-electron chi connectivity index (χ2n) is 4.64. The summed E-state index contributed by atoms with van der Waals surface area (Å²) in [6.07, 6.45) is 3.59. The minimum absolute atomic E-state index is 0.529. The van der Waals surface area contributed by atoms with E-state index in [1.165, 1.54) is 12.8 Å². The monoisotopic (exact) mass is 292 g/mol. The number of anilines is 1. The zero-order chi connectivity index (χ0) is 12.4. The largest absolute Gasteiger partial charge is 0.365 e. The van der Waals surface area contributed by atoms with Crippen molar-refractivity contribution in [3.63, 3.8) is 0 Å². The Labute approximate surface area is 111 Å². The van der Waals surface area contributed by atoms with Crippen LogP contribution in [0.2, 0.25) is 0 Å². The fourth-order valence-electron chi connectivity index (χ4n) is 2.75. The molecule has 0 spiro atoms. The van der Waals surface area contributed by atoms with E-state index in [0.29, 0.717) is 12.1 Å². The van der Waals surface area contributed by atoms with Gasteiger partial charge in [-0.15, -0.1) is 0 Å². The third-order valence-electron chi connectivity index (χ3n) is 3.64. The van der Waals surface area contributed by atoms with E-state index in [4.69, 9.17) is 0 Å². The van der Waals surface area contributed by atoms with E-state index in [0.717, 1.165) is 22.1 Å². The van der Waals surface area contributed by atoms with Crippen molar-refractivity contribution in [2.45, 2.75) is 45.2 Å². The van der Waals surface area contributed by atoms with Crippen molar-refractivity contribution in [2.24, 2.45) is 0 Å². The van der Waals surface area contributed by atoms with Crippen LogP contribution in [0.3, 0.4) is 0 Å². The smallest absolute Gasteiger partial charge is 0.103 e. The molecule has 1 fully saturated rings. The molecule has 0 radical (unpaired) electrons. The Morgan fingerprint density at radius 2 is 2.24 bits per heavy atom. The summed E-state index contributed by atoms with van der Waals surface area (Å²) in [7, 11) is 0. The molecule has 0 aromatic heterocycles. The third kappa shape index (κ3) is 2.19. The summed E-state index contributed by atoms with van der Waals surface area (Å²) in [6.45, 7) is 4.47. The van der Waals surface area contributed by atoms with E-state index in [9.17, 15) is 5.26 Å². The molecule has 2 atom stereocenters. The van der Waals surface area contributed by atoms with Crippen LogP contribution in [-0.4, -0.2) is 12.1 Å². The molecule has 90 valence electrons. The average molecular weight is 293 g/mol. The lowest BCUT2D eigenvalue weighted by Gasteiger charge is -2.31. The Morgan fingerprint density at radius 1 is 1.47 bits per heavy atom. The third-order valence-corrected chi connectivity index (χ3v) is 4.30. The topological polar surface area (TPSA) is 27.0 Å². The average Bonchev–Trinajstić information content (AvgIpc) is 2.70. The maximum absolute atomic E-state index is 9.30. The van der Waals surface area contributed by atoms with Crippen molar-refractivity contribution in [3.05, 3.63) is 28.2 Å². The highest BCUT2D eigenvalue weighted by Gasteiger charge is 2.31. The Balaban J connectivity index is 2.46. The van der Waals surface area contributed by atoms with Crippen LogP contribution in [0.25, 0.3) is 0 Å². The minimum Gasteiger partial charge on any atom is -0.365 e. The number of nitrogens with zero attached hydrogens (tertiary/aromatic N) is 2. The molecule has 1 aliphatic rings. The zero-order valence-electron chi connectivity index (χ0n) is 10.3. The predicted molar refractivity (Wildman–Crippen MR) is 74.1 cm³/mol. The minimum atomic E-state index is 0.529. The molecular weight excluding hydrogens is 276 g/mol. The number of rotatable bonds is 2. The molecule has 0 saturated carbocycles. The molecule has 17 heavy (non-hydrogen) atoms. The van der Waals surface area contributed by atoms with E-state index in [1.807, 2.05) is 12.1 Å². The van der Waals surface area contributed by atoms with Crippen molar-refractivity contribution in [1.29, 1.82) is 5.26 Å². The van der Waals surface area contributed by atoms with Crippen molar-refractivity contribution in [3.8, 4) is 6.07 Å². The van der Waals surface area contributed by atoms with Gasteiger partial charge in [0, 0.05) is 16.6 Å². The highest BCUT2D eigenvalue weighted by molar-refractivity contribution is 9.10. The van der Waals surface area contributed by atoms with Crippen molar-refractivity contribution in [2.75, 3.05) is 4.90 Å². The van der Waals surface area contributed by atoms with Crippen molar-refractivity contribution in [1.82, 2.24) is 0 Å². The van der Waals surface area contributed by atoms with E-state index < -0.39 is 0 Å². The Morgan fingerprint density at radius 3 is 2.88 bits per heavy atom. The highest BCUT2D eigenvalue weighted by Crippen LogP contribution is 2.36. The van der Waals surface area contributed by atoms with E-state index in [-0.39, 0.29) is 0 Å². The predicted octanol–water partition coefficient (Wildman–Crippen LogP) is 4.09. The van der Waals surface area contributed by atoms with Crippen LogP contribution in [0, 0.1) is 11.3 Å². The molecule has 2 rings (SSSR count). The molecule has 2 nitrogen and oxygen atoms in total. The number of halogens is 1. The molecule has 1 heterocycles. The van der Waals surface area contributed by atoms with Crippen LogP contribution in [0.15, 0.2) is 22.7 Å². The van der Waals surface area contributed by atoms with Crippen LogP contribution in [0.5, 0.6) is 0 Å². The summed E-state index contributed by atoms with van der Waals surface area (Å²) in [5.41, 5.74) is 1.85. The van der Waals surface area contributed by atoms with Gasteiger partial charge in [-0.05, 0) is 54.2 Å². The molecule has 0 aliphatic carbocycles. The molecule has 2 unspecified atom stereocenters. The highest BCUT2D eigenvalue weighted by atomic mass is 79.9. The lowest BCUT2D eigenvalue weighted by Crippen LogP contribution is -2.34. The lowest BCUT2D eigenvalue weighted by molar-refractivity contribution is 0.627. The zero-order valence-corrected chi connectivity index (χ0v) is 11.9. The van der Waals surface area contributed by atoms with Gasteiger partial charge in [-0.1, -0.05) is 13.0 Å². The Hall–Kier alpha value is -1.01. The van der Waals surface area contributed by atoms with Crippen molar-refractivity contribution >= 4 is 21.6 Å². The van der Waals surface area contributed by atoms with Gasteiger partial charge in [-0.25, -0.2) is 0 Å². The summed E-state index contributed by atoms with van der Waals surface area (Å²) < 4.78 is 0.895. The van der Waals surface area contributed by atoms with Gasteiger partial charge in [-0.3, -0.25) is 0 Å². The Bertz CT molecular complexity index is 450. The summed E-state index contributed by atoms with van der Waals surface area (Å²) in [5.74, 6) is 0. The Kier molecular flexibility index (Phi) is 3.73. The maximum atomic E-state index is 9.30. The van der Waals surface area contributed by atoms with Gasteiger partial charge in [0.1, 0.15) is 6.07 Å². The molecule has 1 saturated heterocycles. The normalized spacial score (nSPS) is 23.8. The second-order valence-corrected chi connectivity index (χ2v) is 5.50. The number of nitriles is 1. The molecular formula is C14H17BrN2. The van der Waals surface area contributed by atoms with Gasteiger partial charge in [0.05, 0.1) is 11.3 Å². The lowest BCUT2D eigenvalue weighted by atomic mass is 10.1. The second kappa shape index (κ2) is 5.10. The molecule has 1 aromatic carbocycles. The van der Waals surface area contributed by atoms with E-state index >= 15 is 0 Å². The van der Waals surface area contributed by atoms with Crippen LogP contribution in [0.4, 0.5) is 5.69 Å². The summed E-state index contributed by atoms with van der Waals surface area (Å²) in [5, 5.41) is 9.30. The standard InChI is InChI=1S/C14H17BrN2/c1-3-11-8-7-10(2)17(11)14-6-4-5-13(15)12(14)9-16/h4-6,10-11H,3,7-8H2,1-2H3. The first-order valence-corrected chi connectivity index (χ1v) is 6.95. The van der Waals surface area contributed by atoms with Crippen LogP contribution in [-0.2, 0) is 0 Å². The van der Waals surface area contributed by atoms with E-state index in [1.54, 1.807) is 0 Å². The van der Waals surface area contributed by atoms with Crippen molar-refractivity contribution < 1.29 is 0 Å². The first kappa shape index (κ1) is 12.4. The molecule has 1 aromatic rings. The van der Waals surface area contributed by atoms with E-state index in [2.05, 4.69) is 46.8 Å². The first-order chi connectivity index (χ1) is 8.19. The molecule has 1 aliphatic heterocycles. The van der Waals surface area contributed by atoms with Crippen LogP contribution < -0.4 is 4.90 Å². The van der Waals surface area contributed by atoms with Gasteiger partial charge in [0.15, 0.2) is 0 Å². The number of benzene rings is 1. The fourth-order valence-corrected chi connectivity index (χ4v) is 3.19. The first-order valence-electron chi connectivity index (χ1n) is 6.16. The summed E-state index contributed by atoms with van der Waals surface area (Å²) >= 11 is 3.47. The number of hydrogen-bond acceptors (Lipinski definition) is 2. The SMILES string of the molecule is CCC1CCC(C)N1c1cccc(Br)c1C#N. The maximum Gasteiger partial charge on any atom is 0.103 e. The molecule has 0 amide bonds. The summed E-state index contributed by atoms with van der Waals surface area (Å²) in [6, 6.07) is 9.43. The molecule has 0 N–H and O–H groups in total. The van der Waals surface area contributed by atoms with Gasteiger partial charge >= 0.3 is 0 Å². The van der Waals surface area contributed by atoms with Gasteiger partial charge in [0.2, 0.25) is 0 Å². The van der Waals surface area contributed by atoms with Crippen LogP contribution >= 0.6 is 15.9 Å². The van der Waals surface area contributed by atoms with Gasteiger partial charge in [0.25, 0.3) is 0 Å². The summed E-state index contributed by atoms with van der Waals surface area (Å²) in [4.78, 5) is 2.42. The molecule has 3 heteroatoms. The number of hydrogen-bond donors (Lipinski definition) is 0. The van der Waals surface area contributed by atoms with Gasteiger partial charge in [-0.2, -0.15) is 5.26 Å². The van der Waals surface area contributed by atoms with Crippen LogP contribution in [0.1, 0.15) is 38.7 Å². The fraction of sp³-hybridized carbons (Fsp3) is 0.500. The quantitative estimate of drug-likeness (QED) is 0.821. The van der Waals surface area contributed by atoms with Gasteiger partial charge < -0.3 is 4.90 Å². The molecule has 0 bridgehead atoms.